The van der Waals surface area contributed by atoms with Crippen LogP contribution >= 0.6 is 0 Å². The van der Waals surface area contributed by atoms with E-state index in [1.165, 1.54) is 0 Å². The molecule has 3 heterocycles. The molecule has 0 atom stereocenters. The molecule has 1 fully saturated rings. The second kappa shape index (κ2) is 11.2. The molecule has 1 saturated heterocycles. The summed E-state index contributed by atoms with van der Waals surface area (Å²) in [4.78, 5) is 19.7. The van der Waals surface area contributed by atoms with Crippen molar-refractivity contribution in [3.63, 3.8) is 0 Å². The van der Waals surface area contributed by atoms with E-state index >= 15 is 0 Å². The van der Waals surface area contributed by atoms with Crippen molar-refractivity contribution in [2.45, 2.75) is 26.7 Å². The van der Waals surface area contributed by atoms with Gasteiger partial charge in [0.05, 0.1) is 26.0 Å². The van der Waals surface area contributed by atoms with Gasteiger partial charge < -0.3 is 24.8 Å². The van der Waals surface area contributed by atoms with Crippen molar-refractivity contribution >= 4 is 17.4 Å². The van der Waals surface area contributed by atoms with Gasteiger partial charge in [-0.1, -0.05) is 19.9 Å². The van der Waals surface area contributed by atoms with Crippen molar-refractivity contribution in [3.05, 3.63) is 59.4 Å². The number of aliphatic hydroxyl groups excluding tert-OH is 1. The quantitative estimate of drug-likeness (QED) is 0.508. The number of ether oxygens (including phenoxy) is 2. The molecule has 9 heteroatoms. The molecule has 3 aromatic rings. The highest BCUT2D eigenvalue weighted by molar-refractivity contribution is 6.03. The third-order valence-corrected chi connectivity index (χ3v) is 5.85. The Kier molecular flexibility index (Phi) is 7.89. The van der Waals surface area contributed by atoms with Gasteiger partial charge in [-0.3, -0.25) is 4.79 Å². The number of hydrogen-bond donors (Lipinski definition) is 2. The highest BCUT2D eigenvalue weighted by Gasteiger charge is 2.17. The molecule has 0 saturated carbocycles. The molecule has 1 aromatic carbocycles. The minimum Gasteiger partial charge on any atom is -0.475 e. The molecule has 0 bridgehead atoms. The van der Waals surface area contributed by atoms with Gasteiger partial charge in [0.15, 0.2) is 5.69 Å². The van der Waals surface area contributed by atoms with Gasteiger partial charge in [-0.05, 0) is 59.4 Å². The maximum atomic E-state index is 12.9. The fourth-order valence-corrected chi connectivity index (χ4v) is 3.84. The number of carbonyl (C=O) groups is 1. The monoisotopic (exact) mass is 477 g/mol. The van der Waals surface area contributed by atoms with E-state index in [1.807, 2.05) is 51.1 Å². The molecule has 0 radical (unpaired) electrons. The predicted octanol–water partition coefficient (Wildman–Crippen LogP) is 3.43. The zero-order valence-electron chi connectivity index (χ0n) is 20.3. The smallest absolute Gasteiger partial charge is 0.276 e. The van der Waals surface area contributed by atoms with E-state index in [1.54, 1.807) is 12.3 Å². The lowest BCUT2D eigenvalue weighted by atomic mass is 10.00. The van der Waals surface area contributed by atoms with Gasteiger partial charge in [-0.15, -0.1) is 5.10 Å². The second-order valence-corrected chi connectivity index (χ2v) is 8.74. The number of aliphatic hydroxyl groups is 1. The molecule has 35 heavy (non-hydrogen) atoms. The van der Waals surface area contributed by atoms with Crippen LogP contribution in [-0.2, 0) is 4.74 Å². The fourth-order valence-electron chi connectivity index (χ4n) is 3.84. The molecule has 1 aliphatic rings. The third kappa shape index (κ3) is 6.12. The molecule has 1 aliphatic heterocycles. The molecular weight excluding hydrogens is 446 g/mol. The molecule has 1 amide bonds. The summed E-state index contributed by atoms with van der Waals surface area (Å²) < 4.78 is 11.1. The van der Waals surface area contributed by atoms with Gasteiger partial charge in [0.25, 0.3) is 5.91 Å². The van der Waals surface area contributed by atoms with Gasteiger partial charge in [0, 0.05) is 24.8 Å². The predicted molar refractivity (Wildman–Crippen MR) is 134 cm³/mol. The van der Waals surface area contributed by atoms with Gasteiger partial charge >= 0.3 is 0 Å². The number of anilines is 2. The summed E-state index contributed by atoms with van der Waals surface area (Å²) in [5.74, 6) is 1.16. The van der Waals surface area contributed by atoms with Gasteiger partial charge in [0.1, 0.15) is 12.4 Å². The first-order valence-electron chi connectivity index (χ1n) is 11.8. The van der Waals surface area contributed by atoms with Crippen LogP contribution in [0.25, 0.3) is 11.1 Å². The van der Waals surface area contributed by atoms with Crippen LogP contribution < -0.4 is 15.0 Å². The maximum absolute atomic E-state index is 12.9. The van der Waals surface area contributed by atoms with Crippen molar-refractivity contribution in [2.24, 2.45) is 0 Å². The van der Waals surface area contributed by atoms with Crippen LogP contribution in [0.1, 0.15) is 41.4 Å². The Morgan fingerprint density at radius 3 is 2.74 bits per heavy atom. The SMILES string of the molecule is Cc1ccc(NC(=O)c2cc(C(C)C)cnn2)cc1-c1cc(OCCO)nc(N2CCOCC2)c1. The van der Waals surface area contributed by atoms with Crippen molar-refractivity contribution in [2.75, 3.05) is 49.7 Å². The molecule has 184 valence electrons. The number of hydrogen-bond acceptors (Lipinski definition) is 8. The van der Waals surface area contributed by atoms with E-state index < -0.39 is 0 Å². The average molecular weight is 478 g/mol. The van der Waals surface area contributed by atoms with Crippen molar-refractivity contribution in [1.82, 2.24) is 15.2 Å². The third-order valence-electron chi connectivity index (χ3n) is 5.85. The summed E-state index contributed by atoms with van der Waals surface area (Å²) >= 11 is 0. The number of aromatic nitrogens is 3. The normalized spacial score (nSPS) is 13.7. The van der Waals surface area contributed by atoms with Crippen LogP contribution in [0.15, 0.2) is 42.6 Å². The molecule has 0 unspecified atom stereocenters. The van der Waals surface area contributed by atoms with E-state index in [2.05, 4.69) is 25.4 Å². The molecule has 4 rings (SSSR count). The Balaban J connectivity index is 1.64. The largest absolute Gasteiger partial charge is 0.475 e. The van der Waals surface area contributed by atoms with Crippen LogP contribution in [0.5, 0.6) is 5.88 Å². The first kappa shape index (κ1) is 24.6. The molecule has 0 aliphatic carbocycles. The number of nitrogens with zero attached hydrogens (tertiary/aromatic N) is 4. The fraction of sp³-hybridized carbons (Fsp3) is 0.385. The molecule has 2 N–H and O–H groups in total. The topological polar surface area (TPSA) is 110 Å². The number of morpholine rings is 1. The van der Waals surface area contributed by atoms with E-state index in [-0.39, 0.29) is 30.7 Å². The number of carbonyl (C=O) groups excluding carboxylic acids is 1. The molecule has 2 aromatic heterocycles. The van der Waals surface area contributed by atoms with Crippen molar-refractivity contribution in [1.29, 1.82) is 0 Å². The van der Waals surface area contributed by atoms with E-state index in [9.17, 15) is 9.90 Å². The molecule has 0 spiro atoms. The Morgan fingerprint density at radius 2 is 2.00 bits per heavy atom. The lowest BCUT2D eigenvalue weighted by molar-refractivity contribution is 0.102. The Hall–Kier alpha value is -3.56. The van der Waals surface area contributed by atoms with Crippen LogP contribution in [-0.4, -0.2) is 65.7 Å². The highest BCUT2D eigenvalue weighted by atomic mass is 16.5. The number of aryl methyl sites for hydroxylation is 1. The summed E-state index contributed by atoms with van der Waals surface area (Å²) in [7, 11) is 0. The lowest BCUT2D eigenvalue weighted by Crippen LogP contribution is -2.36. The Labute approximate surface area is 205 Å². The number of benzene rings is 1. The minimum atomic E-state index is -0.314. The van der Waals surface area contributed by atoms with Gasteiger partial charge in [-0.2, -0.15) is 10.1 Å². The first-order chi connectivity index (χ1) is 16.9. The standard InChI is InChI=1S/C26H31N5O4/c1-17(2)20-12-23(30-27-16-20)26(33)28-21-5-4-18(3)22(15-21)19-13-24(31-6-9-34-10-7-31)29-25(14-19)35-11-8-32/h4-5,12-17,32H,6-11H2,1-3H3,(H,28,33). The number of rotatable bonds is 8. The van der Waals surface area contributed by atoms with Crippen LogP contribution in [0, 0.1) is 6.92 Å². The van der Waals surface area contributed by atoms with Crippen LogP contribution in [0.2, 0.25) is 0 Å². The van der Waals surface area contributed by atoms with Gasteiger partial charge in [0.2, 0.25) is 5.88 Å². The highest BCUT2D eigenvalue weighted by Crippen LogP contribution is 2.32. The zero-order valence-corrected chi connectivity index (χ0v) is 20.3. The average Bonchev–Trinajstić information content (AvgIpc) is 2.89. The van der Waals surface area contributed by atoms with Crippen molar-refractivity contribution in [3.8, 4) is 17.0 Å². The first-order valence-corrected chi connectivity index (χ1v) is 11.8. The molecule has 9 nitrogen and oxygen atoms in total. The van der Waals surface area contributed by atoms with Crippen LogP contribution in [0.3, 0.4) is 0 Å². The Morgan fingerprint density at radius 1 is 1.20 bits per heavy atom. The van der Waals surface area contributed by atoms with Gasteiger partial charge in [-0.25, -0.2) is 0 Å². The summed E-state index contributed by atoms with van der Waals surface area (Å²) in [5.41, 5.74) is 4.76. The zero-order chi connectivity index (χ0) is 24.8. The van der Waals surface area contributed by atoms with Crippen molar-refractivity contribution < 1.29 is 19.4 Å². The number of pyridine rings is 1. The summed E-state index contributed by atoms with van der Waals surface area (Å²) in [5, 5.41) is 20.1. The summed E-state index contributed by atoms with van der Waals surface area (Å²) in [6.45, 7) is 8.92. The maximum Gasteiger partial charge on any atom is 0.276 e. The molecular formula is C26H31N5O4. The second-order valence-electron chi connectivity index (χ2n) is 8.74. The summed E-state index contributed by atoms with van der Waals surface area (Å²) in [6, 6.07) is 11.4. The van der Waals surface area contributed by atoms with Crippen LogP contribution in [0.4, 0.5) is 11.5 Å². The van der Waals surface area contributed by atoms with E-state index in [0.717, 1.165) is 41.2 Å². The lowest BCUT2D eigenvalue weighted by Gasteiger charge is -2.28. The number of amides is 1. The van der Waals surface area contributed by atoms with E-state index in [4.69, 9.17) is 9.47 Å². The minimum absolute atomic E-state index is 0.0970. The van der Waals surface area contributed by atoms with E-state index in [0.29, 0.717) is 24.8 Å². The Bertz CT molecular complexity index is 1180. The summed E-state index contributed by atoms with van der Waals surface area (Å²) in [6.07, 6.45) is 1.68. The number of nitrogens with one attached hydrogen (secondary N) is 1.